The fraction of sp³-hybridized carbons (Fsp3) is 0.409. The van der Waals surface area contributed by atoms with Gasteiger partial charge in [-0.25, -0.2) is 0 Å². The lowest BCUT2D eigenvalue weighted by atomic mass is 10.1. The van der Waals surface area contributed by atoms with Crippen molar-refractivity contribution in [3.63, 3.8) is 0 Å². The van der Waals surface area contributed by atoms with Gasteiger partial charge in [0, 0.05) is 19.2 Å². The van der Waals surface area contributed by atoms with Crippen molar-refractivity contribution in [3.8, 4) is 11.5 Å². The van der Waals surface area contributed by atoms with Crippen molar-refractivity contribution in [1.82, 2.24) is 5.32 Å². The van der Waals surface area contributed by atoms with E-state index in [1.807, 2.05) is 31.2 Å². The van der Waals surface area contributed by atoms with E-state index < -0.39 is 0 Å². The third-order valence-corrected chi connectivity index (χ3v) is 4.12. The van der Waals surface area contributed by atoms with Gasteiger partial charge in [0.05, 0.1) is 19.8 Å². The maximum absolute atomic E-state index is 12.6. The molecule has 27 heavy (non-hydrogen) atoms. The Morgan fingerprint density at radius 1 is 1.00 bits per heavy atom. The number of hydrogen-bond donors (Lipinski definition) is 1. The van der Waals surface area contributed by atoms with E-state index >= 15 is 0 Å². The van der Waals surface area contributed by atoms with Gasteiger partial charge in [0.2, 0.25) is 0 Å². The Labute approximate surface area is 161 Å². The van der Waals surface area contributed by atoms with Crippen LogP contribution >= 0.6 is 0 Å². The summed E-state index contributed by atoms with van der Waals surface area (Å²) in [4.78, 5) is 12.6. The molecule has 0 radical (unpaired) electrons. The summed E-state index contributed by atoms with van der Waals surface area (Å²) in [6.45, 7) is 6.14. The molecule has 0 bridgehead atoms. The molecule has 0 saturated heterocycles. The topological polar surface area (TPSA) is 56.8 Å². The maximum Gasteiger partial charge on any atom is 0.251 e. The summed E-state index contributed by atoms with van der Waals surface area (Å²) in [7, 11) is 1.66. The Morgan fingerprint density at radius 3 is 2.48 bits per heavy atom. The largest absolute Gasteiger partial charge is 0.490 e. The number of carbonyl (C=O) groups is 1. The van der Waals surface area contributed by atoms with Gasteiger partial charge in [0.1, 0.15) is 0 Å². The van der Waals surface area contributed by atoms with Gasteiger partial charge >= 0.3 is 0 Å². The summed E-state index contributed by atoms with van der Waals surface area (Å²) in [6.07, 6.45) is 2.05. The van der Waals surface area contributed by atoms with Crippen LogP contribution in [0.5, 0.6) is 11.5 Å². The Bertz CT molecular complexity index is 730. The fourth-order valence-corrected chi connectivity index (χ4v) is 2.67. The Kier molecular flexibility index (Phi) is 8.65. The molecule has 0 aromatic heterocycles. The first kappa shape index (κ1) is 20.8. The lowest BCUT2D eigenvalue weighted by Gasteiger charge is -2.14. The normalized spacial score (nSPS) is 10.5. The molecule has 2 aromatic rings. The van der Waals surface area contributed by atoms with Gasteiger partial charge in [0.25, 0.3) is 5.91 Å². The van der Waals surface area contributed by atoms with E-state index in [1.54, 1.807) is 25.3 Å². The van der Waals surface area contributed by atoms with Crippen LogP contribution in [-0.4, -0.2) is 26.2 Å². The van der Waals surface area contributed by atoms with Crippen LogP contribution in [0.15, 0.2) is 42.5 Å². The SMILES string of the molecule is CCCCOc1ccc(C(=O)NCc2ccccc2COC)cc1OCC. The van der Waals surface area contributed by atoms with E-state index in [2.05, 4.69) is 12.2 Å². The first-order valence-electron chi connectivity index (χ1n) is 9.43. The predicted octanol–water partition coefficient (Wildman–Crippen LogP) is 4.34. The van der Waals surface area contributed by atoms with Crippen molar-refractivity contribution in [3.05, 3.63) is 59.2 Å². The summed E-state index contributed by atoms with van der Waals surface area (Å²) in [5, 5.41) is 2.96. The highest BCUT2D eigenvalue weighted by molar-refractivity contribution is 5.94. The predicted molar refractivity (Wildman–Crippen MR) is 106 cm³/mol. The summed E-state index contributed by atoms with van der Waals surface area (Å²) in [6, 6.07) is 13.2. The number of amides is 1. The second kappa shape index (κ2) is 11.2. The highest BCUT2D eigenvalue weighted by atomic mass is 16.5. The number of benzene rings is 2. The zero-order valence-electron chi connectivity index (χ0n) is 16.4. The van der Waals surface area contributed by atoms with Crippen LogP contribution in [0.3, 0.4) is 0 Å². The van der Waals surface area contributed by atoms with Crippen LogP contribution in [0.1, 0.15) is 48.2 Å². The molecule has 2 aromatic carbocycles. The molecule has 146 valence electrons. The second-order valence-electron chi connectivity index (χ2n) is 6.18. The third kappa shape index (κ3) is 6.29. The molecule has 0 atom stereocenters. The molecule has 0 aliphatic heterocycles. The molecular formula is C22H29NO4. The van der Waals surface area contributed by atoms with Gasteiger partial charge < -0.3 is 19.5 Å². The summed E-state index contributed by atoms with van der Waals surface area (Å²) >= 11 is 0. The molecule has 0 aliphatic carbocycles. The quantitative estimate of drug-likeness (QED) is 0.597. The molecule has 0 unspecified atom stereocenters. The van der Waals surface area contributed by atoms with Gasteiger partial charge in [-0.3, -0.25) is 4.79 Å². The van der Waals surface area contributed by atoms with E-state index in [0.717, 1.165) is 24.0 Å². The first-order chi connectivity index (χ1) is 13.2. The molecular weight excluding hydrogens is 342 g/mol. The molecule has 1 N–H and O–H groups in total. The van der Waals surface area contributed by atoms with E-state index in [4.69, 9.17) is 14.2 Å². The number of methoxy groups -OCH3 is 1. The first-order valence-corrected chi connectivity index (χ1v) is 9.43. The minimum absolute atomic E-state index is 0.150. The highest BCUT2D eigenvalue weighted by Gasteiger charge is 2.12. The van der Waals surface area contributed by atoms with E-state index in [-0.39, 0.29) is 5.91 Å². The maximum atomic E-state index is 12.6. The summed E-state index contributed by atoms with van der Waals surface area (Å²) in [5.74, 6) is 1.12. The number of ether oxygens (including phenoxy) is 3. The summed E-state index contributed by atoms with van der Waals surface area (Å²) < 4.78 is 16.6. The Morgan fingerprint density at radius 2 is 1.78 bits per heavy atom. The fourth-order valence-electron chi connectivity index (χ4n) is 2.67. The molecule has 5 nitrogen and oxygen atoms in total. The van der Waals surface area contributed by atoms with Crippen LogP contribution < -0.4 is 14.8 Å². The molecule has 5 heteroatoms. The Balaban J connectivity index is 2.06. The average molecular weight is 371 g/mol. The number of nitrogens with one attached hydrogen (secondary N) is 1. The van der Waals surface area contributed by atoms with Crippen LogP contribution in [-0.2, 0) is 17.9 Å². The summed E-state index contributed by atoms with van der Waals surface area (Å²) in [5.41, 5.74) is 2.65. The van der Waals surface area contributed by atoms with E-state index in [1.165, 1.54) is 0 Å². The van der Waals surface area contributed by atoms with Crippen LogP contribution in [0.25, 0.3) is 0 Å². The number of hydrogen-bond acceptors (Lipinski definition) is 4. The molecule has 0 heterocycles. The highest BCUT2D eigenvalue weighted by Crippen LogP contribution is 2.28. The zero-order valence-corrected chi connectivity index (χ0v) is 16.4. The van der Waals surface area contributed by atoms with Gasteiger partial charge in [-0.1, -0.05) is 37.6 Å². The second-order valence-corrected chi connectivity index (χ2v) is 6.18. The van der Waals surface area contributed by atoms with Gasteiger partial charge in [-0.2, -0.15) is 0 Å². The molecule has 0 saturated carbocycles. The molecule has 0 spiro atoms. The van der Waals surface area contributed by atoms with Crippen molar-refractivity contribution < 1.29 is 19.0 Å². The molecule has 1 amide bonds. The lowest BCUT2D eigenvalue weighted by Crippen LogP contribution is -2.23. The van der Waals surface area contributed by atoms with Crippen LogP contribution in [0, 0.1) is 0 Å². The zero-order chi connectivity index (χ0) is 19.5. The molecule has 0 fully saturated rings. The van der Waals surface area contributed by atoms with Crippen LogP contribution in [0.2, 0.25) is 0 Å². The molecule has 2 rings (SSSR count). The number of carbonyl (C=O) groups excluding carboxylic acids is 1. The number of unbranched alkanes of at least 4 members (excludes halogenated alkanes) is 1. The third-order valence-electron chi connectivity index (χ3n) is 4.12. The molecule has 0 aliphatic rings. The van der Waals surface area contributed by atoms with Crippen molar-refractivity contribution in [2.45, 2.75) is 39.8 Å². The van der Waals surface area contributed by atoms with Gasteiger partial charge in [-0.15, -0.1) is 0 Å². The Hall–Kier alpha value is -2.53. The van der Waals surface area contributed by atoms with Crippen molar-refractivity contribution in [1.29, 1.82) is 0 Å². The van der Waals surface area contributed by atoms with E-state index in [9.17, 15) is 4.79 Å². The number of rotatable bonds is 11. The average Bonchev–Trinajstić information content (AvgIpc) is 2.68. The smallest absolute Gasteiger partial charge is 0.251 e. The van der Waals surface area contributed by atoms with Crippen molar-refractivity contribution in [2.24, 2.45) is 0 Å². The van der Waals surface area contributed by atoms with E-state index in [0.29, 0.717) is 43.4 Å². The monoisotopic (exact) mass is 371 g/mol. The standard InChI is InChI=1S/C22H29NO4/c1-4-6-13-27-20-12-11-17(14-21(20)26-5-2)22(24)23-15-18-9-7-8-10-19(18)16-25-3/h7-12,14H,4-6,13,15-16H2,1-3H3,(H,23,24). The van der Waals surface area contributed by atoms with Crippen LogP contribution in [0.4, 0.5) is 0 Å². The van der Waals surface area contributed by atoms with Crippen molar-refractivity contribution >= 4 is 5.91 Å². The van der Waals surface area contributed by atoms with Gasteiger partial charge in [-0.05, 0) is 42.7 Å². The van der Waals surface area contributed by atoms with Crippen molar-refractivity contribution in [2.75, 3.05) is 20.3 Å². The minimum atomic E-state index is -0.150. The lowest BCUT2D eigenvalue weighted by molar-refractivity contribution is 0.0950. The minimum Gasteiger partial charge on any atom is -0.490 e. The van der Waals surface area contributed by atoms with Gasteiger partial charge in [0.15, 0.2) is 11.5 Å².